The molecule has 1 heterocycles. The molecule has 0 aromatic carbocycles. The lowest BCUT2D eigenvalue weighted by molar-refractivity contribution is 0.0760. The molecule has 2 rings (SSSR count). The molecule has 1 aromatic rings. The Kier molecular flexibility index (Phi) is 5.59. The smallest absolute Gasteiger partial charge is 0.253 e. The van der Waals surface area contributed by atoms with E-state index in [1.54, 1.807) is 6.07 Å². The summed E-state index contributed by atoms with van der Waals surface area (Å²) in [6, 6.07) is 3.58. The first-order valence-corrected chi connectivity index (χ1v) is 8.12. The van der Waals surface area contributed by atoms with Gasteiger partial charge in [0.25, 0.3) is 5.91 Å². The third kappa shape index (κ3) is 4.45. The van der Waals surface area contributed by atoms with E-state index in [-0.39, 0.29) is 5.91 Å². The molecule has 0 unspecified atom stereocenters. The largest absolute Gasteiger partial charge is 0.384 e. The van der Waals surface area contributed by atoms with Gasteiger partial charge in [0.15, 0.2) is 0 Å². The molecule has 0 saturated heterocycles. The number of aromatic nitrogens is 1. The van der Waals surface area contributed by atoms with Crippen LogP contribution in [-0.4, -0.2) is 29.4 Å². The first kappa shape index (κ1) is 15.8. The van der Waals surface area contributed by atoms with Gasteiger partial charge in [-0.15, -0.1) is 0 Å². The number of carbonyl (C=O) groups is 1. The van der Waals surface area contributed by atoms with Crippen LogP contribution in [0.5, 0.6) is 0 Å². The molecule has 0 bridgehead atoms. The van der Waals surface area contributed by atoms with E-state index < -0.39 is 0 Å². The average molecular weight is 289 g/mol. The Morgan fingerprint density at radius 2 is 2.05 bits per heavy atom. The van der Waals surface area contributed by atoms with Gasteiger partial charge in [0.05, 0.1) is 0 Å². The van der Waals surface area contributed by atoms with Crippen LogP contribution in [0.1, 0.15) is 61.5 Å². The second-order valence-corrected chi connectivity index (χ2v) is 6.21. The summed E-state index contributed by atoms with van der Waals surface area (Å²) in [5.41, 5.74) is 7.41. The van der Waals surface area contributed by atoms with Crippen molar-refractivity contribution in [2.24, 2.45) is 5.92 Å². The van der Waals surface area contributed by atoms with Crippen LogP contribution < -0.4 is 5.73 Å². The zero-order chi connectivity index (χ0) is 15.2. The van der Waals surface area contributed by atoms with E-state index in [9.17, 15) is 4.79 Å². The zero-order valence-corrected chi connectivity index (χ0v) is 13.3. The predicted molar refractivity (Wildman–Crippen MR) is 86.2 cm³/mol. The molecule has 1 aromatic heterocycles. The Labute approximate surface area is 127 Å². The average Bonchev–Trinajstić information content (AvgIpc) is 2.47. The normalized spacial score (nSPS) is 15.9. The number of rotatable bonds is 5. The molecule has 116 valence electrons. The Bertz CT molecular complexity index is 481. The van der Waals surface area contributed by atoms with Gasteiger partial charge < -0.3 is 10.6 Å². The zero-order valence-electron chi connectivity index (χ0n) is 13.3. The molecule has 1 fully saturated rings. The third-order valence-electron chi connectivity index (χ3n) is 4.25. The number of hydrogen-bond donors (Lipinski definition) is 1. The number of nitrogen functional groups attached to an aromatic ring is 1. The number of pyridine rings is 1. The minimum absolute atomic E-state index is 0.0621. The summed E-state index contributed by atoms with van der Waals surface area (Å²) in [6.07, 6.45) is 8.30. The predicted octanol–water partition coefficient (Wildman–Crippen LogP) is 3.27. The molecule has 1 saturated carbocycles. The lowest BCUT2D eigenvalue weighted by Gasteiger charge is -2.27. The SMILES string of the molecule is CCCc1cc(C(=O)N(C)CC2CCCCC2)cc(N)n1. The highest BCUT2D eigenvalue weighted by atomic mass is 16.2. The lowest BCUT2D eigenvalue weighted by Crippen LogP contribution is -2.32. The van der Waals surface area contributed by atoms with E-state index in [1.807, 2.05) is 18.0 Å². The fourth-order valence-electron chi connectivity index (χ4n) is 3.18. The maximum Gasteiger partial charge on any atom is 0.253 e. The van der Waals surface area contributed by atoms with Crippen LogP contribution in [0.15, 0.2) is 12.1 Å². The topological polar surface area (TPSA) is 59.2 Å². The summed E-state index contributed by atoms with van der Waals surface area (Å²) in [5, 5.41) is 0. The van der Waals surface area contributed by atoms with Crippen molar-refractivity contribution in [3.05, 3.63) is 23.4 Å². The monoisotopic (exact) mass is 289 g/mol. The van der Waals surface area contributed by atoms with Gasteiger partial charge >= 0.3 is 0 Å². The molecule has 1 aliphatic rings. The van der Waals surface area contributed by atoms with E-state index in [2.05, 4.69) is 11.9 Å². The number of aryl methyl sites for hydroxylation is 1. The van der Waals surface area contributed by atoms with Crippen LogP contribution in [0.2, 0.25) is 0 Å². The fourth-order valence-corrected chi connectivity index (χ4v) is 3.18. The minimum atomic E-state index is 0.0621. The molecule has 4 nitrogen and oxygen atoms in total. The number of hydrogen-bond acceptors (Lipinski definition) is 3. The Morgan fingerprint density at radius 1 is 1.33 bits per heavy atom. The molecule has 0 radical (unpaired) electrons. The molecule has 4 heteroatoms. The molecular formula is C17H27N3O. The van der Waals surface area contributed by atoms with Crippen molar-refractivity contribution in [1.82, 2.24) is 9.88 Å². The summed E-state index contributed by atoms with van der Waals surface area (Å²) in [5.74, 6) is 1.16. The van der Waals surface area contributed by atoms with Crippen molar-refractivity contribution in [2.75, 3.05) is 19.3 Å². The van der Waals surface area contributed by atoms with Gasteiger partial charge in [0.2, 0.25) is 0 Å². The molecule has 0 aliphatic heterocycles. The van der Waals surface area contributed by atoms with Gasteiger partial charge in [-0.1, -0.05) is 32.6 Å². The van der Waals surface area contributed by atoms with Crippen LogP contribution in [0.25, 0.3) is 0 Å². The number of nitrogens with two attached hydrogens (primary N) is 1. The summed E-state index contributed by atoms with van der Waals surface area (Å²) in [6.45, 7) is 2.95. The van der Waals surface area contributed by atoms with E-state index >= 15 is 0 Å². The van der Waals surface area contributed by atoms with Crippen LogP contribution >= 0.6 is 0 Å². The van der Waals surface area contributed by atoms with E-state index in [0.29, 0.717) is 17.3 Å². The van der Waals surface area contributed by atoms with Crippen molar-refractivity contribution in [3.63, 3.8) is 0 Å². The highest BCUT2D eigenvalue weighted by molar-refractivity contribution is 5.94. The first-order chi connectivity index (χ1) is 10.1. The van der Waals surface area contributed by atoms with Gasteiger partial charge in [-0.2, -0.15) is 0 Å². The molecule has 21 heavy (non-hydrogen) atoms. The van der Waals surface area contributed by atoms with Gasteiger partial charge in [0, 0.05) is 24.8 Å². The summed E-state index contributed by atoms with van der Waals surface area (Å²) in [4.78, 5) is 18.7. The molecular weight excluding hydrogens is 262 g/mol. The van der Waals surface area contributed by atoms with E-state index in [1.165, 1.54) is 32.1 Å². The number of carbonyl (C=O) groups excluding carboxylic acids is 1. The van der Waals surface area contributed by atoms with Crippen LogP contribution in [-0.2, 0) is 6.42 Å². The highest BCUT2D eigenvalue weighted by Gasteiger charge is 2.19. The summed E-state index contributed by atoms with van der Waals surface area (Å²) < 4.78 is 0. The number of nitrogens with zero attached hydrogens (tertiary/aromatic N) is 2. The van der Waals surface area contributed by atoms with Gasteiger partial charge in [-0.25, -0.2) is 4.98 Å². The van der Waals surface area contributed by atoms with Gasteiger partial charge in [-0.05, 0) is 37.3 Å². The van der Waals surface area contributed by atoms with Crippen molar-refractivity contribution in [2.45, 2.75) is 51.9 Å². The minimum Gasteiger partial charge on any atom is -0.384 e. The van der Waals surface area contributed by atoms with E-state index in [0.717, 1.165) is 25.1 Å². The second-order valence-electron chi connectivity index (χ2n) is 6.21. The summed E-state index contributed by atoms with van der Waals surface area (Å²) in [7, 11) is 1.90. The van der Waals surface area contributed by atoms with Gasteiger partial charge in [0.1, 0.15) is 5.82 Å². The molecule has 0 spiro atoms. The van der Waals surface area contributed by atoms with Gasteiger partial charge in [-0.3, -0.25) is 4.79 Å². The molecule has 1 amide bonds. The Morgan fingerprint density at radius 3 is 2.71 bits per heavy atom. The maximum absolute atomic E-state index is 12.6. The van der Waals surface area contributed by atoms with Crippen molar-refractivity contribution >= 4 is 11.7 Å². The lowest BCUT2D eigenvalue weighted by atomic mass is 9.89. The Balaban J connectivity index is 2.03. The van der Waals surface area contributed by atoms with E-state index in [4.69, 9.17) is 5.73 Å². The Hall–Kier alpha value is -1.58. The first-order valence-electron chi connectivity index (χ1n) is 8.12. The standard InChI is InChI=1S/C17H27N3O/c1-3-7-15-10-14(11-16(18)19-15)17(21)20(2)12-13-8-5-4-6-9-13/h10-11,13H,3-9,12H2,1-2H3,(H2,18,19). The van der Waals surface area contributed by atoms with Crippen LogP contribution in [0.3, 0.4) is 0 Å². The summed E-state index contributed by atoms with van der Waals surface area (Å²) >= 11 is 0. The second kappa shape index (κ2) is 7.43. The molecule has 2 N–H and O–H groups in total. The van der Waals surface area contributed by atoms with Crippen LogP contribution in [0.4, 0.5) is 5.82 Å². The fraction of sp³-hybridized carbons (Fsp3) is 0.647. The van der Waals surface area contributed by atoms with Crippen molar-refractivity contribution < 1.29 is 4.79 Å². The number of amides is 1. The van der Waals surface area contributed by atoms with Crippen molar-refractivity contribution in [1.29, 1.82) is 0 Å². The maximum atomic E-state index is 12.6. The quantitative estimate of drug-likeness (QED) is 0.905. The molecule has 1 aliphatic carbocycles. The van der Waals surface area contributed by atoms with Crippen molar-refractivity contribution in [3.8, 4) is 0 Å². The number of anilines is 1. The highest BCUT2D eigenvalue weighted by Crippen LogP contribution is 2.24. The van der Waals surface area contributed by atoms with Crippen LogP contribution in [0, 0.1) is 5.92 Å². The third-order valence-corrected chi connectivity index (χ3v) is 4.25. The molecule has 0 atom stereocenters.